The average molecular weight is 471 g/mol. The summed E-state index contributed by atoms with van der Waals surface area (Å²) < 4.78 is 2.03. The summed E-state index contributed by atoms with van der Waals surface area (Å²) in [5, 5.41) is 3.35. The predicted octanol–water partition coefficient (Wildman–Crippen LogP) is 6.71. The van der Waals surface area contributed by atoms with Crippen molar-refractivity contribution < 1.29 is 4.79 Å². The van der Waals surface area contributed by atoms with Crippen LogP contribution in [0.25, 0.3) is 5.69 Å². The lowest BCUT2D eigenvalue weighted by Crippen LogP contribution is -2.38. The van der Waals surface area contributed by atoms with E-state index in [-0.39, 0.29) is 6.04 Å². The van der Waals surface area contributed by atoms with E-state index in [2.05, 4.69) is 49.0 Å². The van der Waals surface area contributed by atoms with Crippen molar-refractivity contribution in [2.75, 3.05) is 11.4 Å². The molecule has 1 aliphatic rings. The molecule has 35 heavy (non-hydrogen) atoms. The molecule has 2 aromatic heterocycles. The third kappa shape index (κ3) is 9.49. The van der Waals surface area contributed by atoms with Gasteiger partial charge in [-0.2, -0.15) is 0 Å². The van der Waals surface area contributed by atoms with Crippen LogP contribution >= 0.6 is 0 Å². The van der Waals surface area contributed by atoms with Crippen LogP contribution in [0.1, 0.15) is 40.0 Å². The smallest absolute Gasteiger partial charge is 0.214 e. The standard InChI is InChI=1S/C22H25N3O.C5H5N.C3H8/c1-18(23-16-20-8-4-3-5-9-20)19(2)25(17-26)22-12-10-21(11-13-22)24-14-6-7-15-24;1-2-4-6-5-3-1;1-3-2/h4,6-15,17,19,23H,1,3,5,16H2,2H3;1-5H;3H2,1-2H3. The highest BCUT2D eigenvalue weighted by Gasteiger charge is 2.17. The van der Waals surface area contributed by atoms with Gasteiger partial charge in [-0.15, -0.1) is 0 Å². The van der Waals surface area contributed by atoms with E-state index in [0.29, 0.717) is 0 Å². The van der Waals surface area contributed by atoms with Crippen LogP contribution in [0.2, 0.25) is 0 Å². The Morgan fingerprint density at radius 1 is 1.09 bits per heavy atom. The van der Waals surface area contributed by atoms with Gasteiger partial charge in [0.05, 0.1) is 6.04 Å². The topological polar surface area (TPSA) is 50.2 Å². The van der Waals surface area contributed by atoms with Gasteiger partial charge < -0.3 is 14.8 Å². The van der Waals surface area contributed by atoms with E-state index < -0.39 is 0 Å². The van der Waals surface area contributed by atoms with Gasteiger partial charge in [-0.3, -0.25) is 9.78 Å². The van der Waals surface area contributed by atoms with Crippen molar-refractivity contribution in [3.8, 4) is 5.69 Å². The molecule has 1 amide bonds. The number of aromatic nitrogens is 2. The van der Waals surface area contributed by atoms with Gasteiger partial charge in [0, 0.05) is 48.4 Å². The molecule has 0 spiro atoms. The number of anilines is 1. The van der Waals surface area contributed by atoms with Crippen molar-refractivity contribution >= 4 is 12.1 Å². The molecule has 1 unspecified atom stereocenters. The normalized spacial score (nSPS) is 12.6. The SMILES string of the molecule is C=C(NCC1=CCCC=C1)C(C)N(C=O)c1ccc(-n2cccc2)cc1.CCC.c1ccncc1. The molecule has 1 aliphatic carbocycles. The zero-order valence-electron chi connectivity index (χ0n) is 21.2. The highest BCUT2D eigenvalue weighted by Crippen LogP contribution is 2.21. The van der Waals surface area contributed by atoms with E-state index in [9.17, 15) is 4.79 Å². The van der Waals surface area contributed by atoms with E-state index in [1.165, 1.54) is 12.0 Å². The first kappa shape index (κ1) is 27.4. The number of benzene rings is 1. The quantitative estimate of drug-likeness (QED) is 0.372. The van der Waals surface area contributed by atoms with Crippen molar-refractivity contribution in [3.05, 3.63) is 115 Å². The van der Waals surface area contributed by atoms with Gasteiger partial charge in [0.1, 0.15) is 0 Å². The summed E-state index contributed by atoms with van der Waals surface area (Å²) in [6, 6.07) is 17.5. The fourth-order valence-corrected chi connectivity index (χ4v) is 3.32. The molecule has 1 aromatic carbocycles. The van der Waals surface area contributed by atoms with Crippen molar-refractivity contribution in [2.45, 2.75) is 46.1 Å². The Kier molecular flexibility index (Phi) is 12.4. The lowest BCUT2D eigenvalue weighted by molar-refractivity contribution is -0.107. The molecule has 3 aromatic rings. The van der Waals surface area contributed by atoms with Crippen LogP contribution in [-0.2, 0) is 4.79 Å². The predicted molar refractivity (Wildman–Crippen MR) is 148 cm³/mol. The van der Waals surface area contributed by atoms with Crippen molar-refractivity contribution in [2.24, 2.45) is 0 Å². The Labute approximate surface area is 210 Å². The minimum atomic E-state index is -0.141. The molecule has 2 heterocycles. The van der Waals surface area contributed by atoms with Crippen LogP contribution in [0, 0.1) is 0 Å². The summed E-state index contributed by atoms with van der Waals surface area (Å²) in [5.74, 6) is 0. The lowest BCUT2D eigenvalue weighted by atomic mass is 10.1. The Morgan fingerprint density at radius 2 is 1.74 bits per heavy atom. The molecule has 0 aliphatic heterocycles. The molecule has 1 atom stereocenters. The van der Waals surface area contributed by atoms with Crippen molar-refractivity contribution in [1.29, 1.82) is 0 Å². The first-order chi connectivity index (χ1) is 17.1. The number of carbonyl (C=O) groups excluding carboxylic acids is 1. The fraction of sp³-hybridized carbons (Fsp3) is 0.267. The highest BCUT2D eigenvalue weighted by molar-refractivity contribution is 5.77. The maximum atomic E-state index is 11.7. The second-order valence-electron chi connectivity index (χ2n) is 8.16. The van der Waals surface area contributed by atoms with Crippen molar-refractivity contribution in [1.82, 2.24) is 14.9 Å². The number of carbonyl (C=O) groups is 1. The largest absolute Gasteiger partial charge is 0.383 e. The number of hydrogen-bond donors (Lipinski definition) is 1. The maximum absolute atomic E-state index is 11.7. The van der Waals surface area contributed by atoms with Crippen LogP contribution < -0.4 is 10.2 Å². The Balaban J connectivity index is 0.000000406. The number of allylic oxidation sites excluding steroid dienone is 2. The van der Waals surface area contributed by atoms with E-state index in [0.717, 1.165) is 42.9 Å². The number of hydrogen-bond acceptors (Lipinski definition) is 3. The lowest BCUT2D eigenvalue weighted by Gasteiger charge is -2.28. The van der Waals surface area contributed by atoms with Gasteiger partial charge in [-0.05, 0) is 73.9 Å². The number of rotatable bonds is 8. The molecule has 1 N–H and O–H groups in total. The zero-order valence-corrected chi connectivity index (χ0v) is 21.2. The summed E-state index contributed by atoms with van der Waals surface area (Å²) in [6.45, 7) is 11.1. The van der Waals surface area contributed by atoms with Crippen LogP contribution in [0.5, 0.6) is 0 Å². The first-order valence-electron chi connectivity index (χ1n) is 12.2. The summed E-state index contributed by atoms with van der Waals surface area (Å²) >= 11 is 0. The van der Waals surface area contributed by atoms with Crippen LogP contribution in [0.15, 0.2) is 115 Å². The van der Waals surface area contributed by atoms with Crippen LogP contribution in [0.3, 0.4) is 0 Å². The summed E-state index contributed by atoms with van der Waals surface area (Å²) in [5.41, 5.74) is 4.00. The third-order valence-corrected chi connectivity index (χ3v) is 5.24. The molecular weight excluding hydrogens is 432 g/mol. The molecule has 5 nitrogen and oxygen atoms in total. The molecule has 4 rings (SSSR count). The minimum Gasteiger partial charge on any atom is -0.383 e. The maximum Gasteiger partial charge on any atom is 0.214 e. The second kappa shape index (κ2) is 15.9. The van der Waals surface area contributed by atoms with Crippen molar-refractivity contribution in [3.63, 3.8) is 0 Å². The molecule has 5 heteroatoms. The van der Waals surface area contributed by atoms with Gasteiger partial charge in [0.25, 0.3) is 0 Å². The highest BCUT2D eigenvalue weighted by atomic mass is 16.1. The summed E-state index contributed by atoms with van der Waals surface area (Å²) in [7, 11) is 0. The molecule has 0 radical (unpaired) electrons. The van der Waals surface area contributed by atoms with Crippen LogP contribution in [-0.4, -0.2) is 28.5 Å². The molecule has 0 saturated carbocycles. The molecule has 184 valence electrons. The van der Waals surface area contributed by atoms with E-state index >= 15 is 0 Å². The number of nitrogens with zero attached hydrogens (tertiary/aromatic N) is 3. The van der Waals surface area contributed by atoms with E-state index in [1.807, 2.05) is 78.5 Å². The molecule has 0 saturated heterocycles. The third-order valence-electron chi connectivity index (χ3n) is 5.24. The minimum absolute atomic E-state index is 0.141. The van der Waals surface area contributed by atoms with Crippen LogP contribution in [0.4, 0.5) is 5.69 Å². The Hall–Kier alpha value is -3.86. The second-order valence-corrected chi connectivity index (χ2v) is 8.16. The van der Waals surface area contributed by atoms with Gasteiger partial charge >= 0.3 is 0 Å². The fourth-order valence-electron chi connectivity index (χ4n) is 3.32. The first-order valence-corrected chi connectivity index (χ1v) is 12.2. The molecule has 0 bridgehead atoms. The average Bonchev–Trinajstić information content (AvgIpc) is 3.46. The number of pyridine rings is 1. The molecule has 0 fully saturated rings. The summed E-state index contributed by atoms with van der Waals surface area (Å²) in [6.07, 6.45) is 18.4. The summed E-state index contributed by atoms with van der Waals surface area (Å²) in [4.78, 5) is 17.2. The zero-order chi connectivity index (χ0) is 25.3. The van der Waals surface area contributed by atoms with E-state index in [4.69, 9.17) is 0 Å². The van der Waals surface area contributed by atoms with Gasteiger partial charge in [-0.1, -0.05) is 51.1 Å². The Bertz CT molecular complexity index is 1010. The number of amides is 1. The molecular formula is C30H38N4O. The van der Waals surface area contributed by atoms with Gasteiger partial charge in [-0.25, -0.2) is 0 Å². The van der Waals surface area contributed by atoms with E-state index in [1.54, 1.807) is 17.3 Å². The Morgan fingerprint density at radius 3 is 2.23 bits per heavy atom. The van der Waals surface area contributed by atoms with Gasteiger partial charge in [0.15, 0.2) is 0 Å². The monoisotopic (exact) mass is 470 g/mol. The number of nitrogens with one attached hydrogen (secondary N) is 1. The van der Waals surface area contributed by atoms with Gasteiger partial charge in [0.2, 0.25) is 6.41 Å².